The quantitative estimate of drug-likeness (QED) is 0.673. The van der Waals surface area contributed by atoms with Crippen molar-refractivity contribution in [1.82, 2.24) is 9.78 Å². The number of nitro groups is 1. The lowest BCUT2D eigenvalue weighted by molar-refractivity contribution is -0.386. The first-order chi connectivity index (χ1) is 6.57. The highest BCUT2D eigenvalue weighted by Gasteiger charge is 2.24. The van der Waals surface area contributed by atoms with E-state index >= 15 is 0 Å². The van der Waals surface area contributed by atoms with Gasteiger partial charge in [-0.1, -0.05) is 0 Å². The summed E-state index contributed by atoms with van der Waals surface area (Å²) in [6, 6.07) is 0. The fourth-order valence-electron chi connectivity index (χ4n) is 0.924. The number of rotatable bonds is 4. The number of hydrogen-bond donors (Lipinski definition) is 1. The molecule has 78 valence electrons. The third-order valence-electron chi connectivity index (χ3n) is 1.54. The van der Waals surface area contributed by atoms with Crippen molar-refractivity contribution in [2.24, 2.45) is 0 Å². The molecular formula is C6H7Br2N3O3. The minimum absolute atomic E-state index is 0.0255. The van der Waals surface area contributed by atoms with Crippen LogP contribution in [-0.4, -0.2) is 26.4 Å². The minimum atomic E-state index is -0.517. The van der Waals surface area contributed by atoms with Crippen LogP contribution in [0.5, 0.6) is 0 Å². The summed E-state index contributed by atoms with van der Waals surface area (Å²) in [7, 11) is 0. The highest BCUT2D eigenvalue weighted by molar-refractivity contribution is 9.11. The van der Waals surface area contributed by atoms with E-state index in [2.05, 4.69) is 37.0 Å². The van der Waals surface area contributed by atoms with Crippen LogP contribution in [-0.2, 0) is 6.54 Å². The lowest BCUT2D eigenvalue weighted by Crippen LogP contribution is -2.02. The Labute approximate surface area is 96.3 Å². The van der Waals surface area contributed by atoms with Gasteiger partial charge in [-0.15, -0.1) is 0 Å². The van der Waals surface area contributed by atoms with Crippen molar-refractivity contribution in [3.05, 3.63) is 19.3 Å². The van der Waals surface area contributed by atoms with Gasteiger partial charge in [0.25, 0.3) is 0 Å². The van der Waals surface area contributed by atoms with Crippen molar-refractivity contribution in [2.75, 3.05) is 6.61 Å². The fourth-order valence-corrected chi connectivity index (χ4v) is 2.30. The van der Waals surface area contributed by atoms with Crippen molar-refractivity contribution in [3.63, 3.8) is 0 Å². The van der Waals surface area contributed by atoms with Gasteiger partial charge in [0, 0.05) is 13.2 Å². The molecule has 0 saturated heterocycles. The van der Waals surface area contributed by atoms with Gasteiger partial charge < -0.3 is 5.11 Å². The summed E-state index contributed by atoms with van der Waals surface area (Å²) < 4.78 is 1.92. The molecule has 0 unspecified atom stereocenters. The second kappa shape index (κ2) is 4.85. The second-order valence-corrected chi connectivity index (χ2v) is 3.99. The molecule has 0 aliphatic rings. The standard InChI is InChI=1S/C6H7Br2N3O3/c7-5-4(11(13)14)6(8)10(9-5)2-1-3-12/h12H,1-3H2. The Morgan fingerprint density at radius 3 is 2.64 bits per heavy atom. The average molecular weight is 329 g/mol. The third-order valence-corrected chi connectivity index (χ3v) is 2.86. The predicted molar refractivity (Wildman–Crippen MR) is 56.0 cm³/mol. The Morgan fingerprint density at radius 2 is 2.21 bits per heavy atom. The van der Waals surface area contributed by atoms with Gasteiger partial charge >= 0.3 is 5.69 Å². The van der Waals surface area contributed by atoms with E-state index in [1.54, 1.807) is 0 Å². The Balaban J connectivity index is 2.98. The lowest BCUT2D eigenvalue weighted by Gasteiger charge is -1.98. The summed E-state index contributed by atoms with van der Waals surface area (Å²) in [6.45, 7) is 0.460. The van der Waals surface area contributed by atoms with Crippen LogP contribution < -0.4 is 0 Å². The van der Waals surface area contributed by atoms with Crippen LogP contribution in [0.2, 0.25) is 0 Å². The van der Waals surface area contributed by atoms with Crippen LogP contribution in [0, 0.1) is 10.1 Å². The highest BCUT2D eigenvalue weighted by Crippen LogP contribution is 2.32. The molecule has 0 aliphatic carbocycles. The van der Waals surface area contributed by atoms with Crippen LogP contribution in [0.4, 0.5) is 5.69 Å². The van der Waals surface area contributed by atoms with Crippen LogP contribution in [0.3, 0.4) is 0 Å². The molecule has 14 heavy (non-hydrogen) atoms. The third kappa shape index (κ3) is 2.31. The van der Waals surface area contributed by atoms with Crippen molar-refractivity contribution < 1.29 is 10.0 Å². The molecule has 0 spiro atoms. The average Bonchev–Trinajstić information content (AvgIpc) is 2.38. The topological polar surface area (TPSA) is 81.2 Å². The van der Waals surface area contributed by atoms with Gasteiger partial charge in [0.1, 0.15) is 0 Å². The summed E-state index contributed by atoms with van der Waals surface area (Å²) in [6.07, 6.45) is 0.504. The van der Waals surface area contributed by atoms with Gasteiger partial charge in [-0.25, -0.2) is 0 Å². The summed E-state index contributed by atoms with van der Waals surface area (Å²) in [5.74, 6) is 0. The van der Waals surface area contributed by atoms with Crippen molar-refractivity contribution >= 4 is 37.5 Å². The zero-order valence-electron chi connectivity index (χ0n) is 6.98. The maximum Gasteiger partial charge on any atom is 0.335 e. The SMILES string of the molecule is O=[N+]([O-])c1c(Br)nn(CCCO)c1Br. The molecule has 6 nitrogen and oxygen atoms in total. The number of nitrogens with zero attached hydrogens (tertiary/aromatic N) is 3. The molecule has 8 heteroatoms. The number of aliphatic hydroxyl groups is 1. The van der Waals surface area contributed by atoms with E-state index in [0.717, 1.165) is 0 Å². The molecule has 0 aliphatic heterocycles. The van der Waals surface area contributed by atoms with E-state index in [9.17, 15) is 10.1 Å². The largest absolute Gasteiger partial charge is 0.396 e. The van der Waals surface area contributed by atoms with E-state index < -0.39 is 4.92 Å². The van der Waals surface area contributed by atoms with Gasteiger partial charge in [-0.3, -0.25) is 14.8 Å². The van der Waals surface area contributed by atoms with Gasteiger partial charge in [0.05, 0.1) is 4.92 Å². The number of aromatic nitrogens is 2. The zero-order chi connectivity index (χ0) is 10.7. The molecule has 0 radical (unpaired) electrons. The maximum atomic E-state index is 10.6. The fraction of sp³-hybridized carbons (Fsp3) is 0.500. The van der Waals surface area contributed by atoms with Gasteiger partial charge in [-0.05, 0) is 38.3 Å². The smallest absolute Gasteiger partial charge is 0.335 e. The number of aryl methyl sites for hydroxylation is 1. The summed E-state index contributed by atoms with van der Waals surface area (Å²) in [4.78, 5) is 10.1. The van der Waals surface area contributed by atoms with Crippen LogP contribution in [0.25, 0.3) is 0 Å². The predicted octanol–water partition coefficient (Wildman–Crippen LogP) is 1.70. The van der Waals surface area contributed by atoms with Crippen LogP contribution in [0.1, 0.15) is 6.42 Å². The maximum absolute atomic E-state index is 10.6. The van der Waals surface area contributed by atoms with E-state index in [1.807, 2.05) is 0 Å². The molecule has 1 rings (SSSR count). The van der Waals surface area contributed by atoms with E-state index in [-0.39, 0.29) is 16.9 Å². The zero-order valence-corrected chi connectivity index (χ0v) is 10.2. The molecule has 0 aromatic carbocycles. The summed E-state index contributed by atoms with van der Waals surface area (Å²) >= 11 is 6.07. The molecule has 0 fully saturated rings. The molecule has 0 amide bonds. The molecular weight excluding hydrogens is 322 g/mol. The Morgan fingerprint density at radius 1 is 1.57 bits per heavy atom. The molecule has 1 aromatic heterocycles. The Kier molecular flexibility index (Phi) is 4.02. The van der Waals surface area contributed by atoms with E-state index in [4.69, 9.17) is 5.11 Å². The van der Waals surface area contributed by atoms with Gasteiger partial charge in [0.15, 0.2) is 4.60 Å². The second-order valence-electron chi connectivity index (χ2n) is 2.49. The molecule has 1 N–H and O–H groups in total. The number of aliphatic hydroxyl groups excluding tert-OH is 1. The summed E-state index contributed by atoms with van der Waals surface area (Å²) in [5.41, 5.74) is -0.0945. The molecule has 1 heterocycles. The van der Waals surface area contributed by atoms with Crippen molar-refractivity contribution in [3.8, 4) is 0 Å². The van der Waals surface area contributed by atoms with Gasteiger partial charge in [0.2, 0.25) is 4.60 Å². The highest BCUT2D eigenvalue weighted by atomic mass is 79.9. The Bertz CT molecular complexity index is 352. The van der Waals surface area contributed by atoms with Crippen LogP contribution >= 0.6 is 31.9 Å². The molecule has 0 atom stereocenters. The number of hydrogen-bond acceptors (Lipinski definition) is 4. The lowest BCUT2D eigenvalue weighted by atomic mass is 10.4. The minimum Gasteiger partial charge on any atom is -0.396 e. The molecule has 0 saturated carbocycles. The summed E-state index contributed by atoms with van der Waals surface area (Å²) in [5, 5.41) is 23.1. The molecule has 1 aromatic rings. The first-order valence-electron chi connectivity index (χ1n) is 3.75. The van der Waals surface area contributed by atoms with Crippen LogP contribution in [0.15, 0.2) is 9.21 Å². The van der Waals surface area contributed by atoms with Crippen molar-refractivity contribution in [1.29, 1.82) is 0 Å². The van der Waals surface area contributed by atoms with E-state index in [0.29, 0.717) is 17.6 Å². The normalized spacial score (nSPS) is 10.5. The number of halogens is 2. The first-order valence-corrected chi connectivity index (χ1v) is 5.33. The van der Waals surface area contributed by atoms with E-state index in [1.165, 1.54) is 4.68 Å². The molecule has 0 bridgehead atoms. The monoisotopic (exact) mass is 327 g/mol. The van der Waals surface area contributed by atoms with Crippen molar-refractivity contribution in [2.45, 2.75) is 13.0 Å². The van der Waals surface area contributed by atoms with Gasteiger partial charge in [-0.2, -0.15) is 5.10 Å². The first kappa shape index (κ1) is 11.6. The Hall–Kier alpha value is -0.470.